The molecule has 0 saturated heterocycles. The van der Waals surface area contributed by atoms with E-state index in [1.807, 2.05) is 31.2 Å². The first-order chi connectivity index (χ1) is 16.0. The van der Waals surface area contributed by atoms with Crippen LogP contribution in [0.1, 0.15) is 16.9 Å². The number of nitrogens with zero attached hydrogens (tertiary/aromatic N) is 1. The Morgan fingerprint density at radius 2 is 1.97 bits per heavy atom. The summed E-state index contributed by atoms with van der Waals surface area (Å²) in [6.45, 7) is 1.81. The maximum absolute atomic E-state index is 12.3. The number of carbonyl (C=O) groups is 2. The largest absolute Gasteiger partial charge is 0.493 e. The molecule has 0 aliphatic heterocycles. The highest BCUT2D eigenvalue weighted by atomic mass is 16.6. The van der Waals surface area contributed by atoms with Crippen molar-refractivity contribution < 1.29 is 28.2 Å². The second-order valence-corrected chi connectivity index (χ2v) is 6.92. The Balaban J connectivity index is 1.64. The van der Waals surface area contributed by atoms with Crippen LogP contribution in [0.25, 0.3) is 6.08 Å². The molecule has 3 rings (SSSR count). The van der Waals surface area contributed by atoms with Crippen molar-refractivity contribution in [3.05, 3.63) is 83.3 Å². The molecule has 1 N–H and O–H groups in total. The number of aryl methyl sites for hydroxylation is 1. The van der Waals surface area contributed by atoms with Gasteiger partial charge in [0.15, 0.2) is 18.1 Å². The summed E-state index contributed by atoms with van der Waals surface area (Å²) in [4.78, 5) is 24.5. The van der Waals surface area contributed by atoms with Crippen molar-refractivity contribution in [2.75, 3.05) is 13.7 Å². The maximum Gasteiger partial charge on any atom is 0.349 e. The number of methoxy groups -OCH3 is 1. The lowest BCUT2D eigenvalue weighted by Gasteiger charge is -2.11. The van der Waals surface area contributed by atoms with Crippen LogP contribution in [0.5, 0.6) is 17.2 Å². The van der Waals surface area contributed by atoms with Crippen molar-refractivity contribution >= 4 is 18.0 Å². The van der Waals surface area contributed by atoms with Gasteiger partial charge < -0.3 is 23.9 Å². The number of furan rings is 1. The van der Waals surface area contributed by atoms with Gasteiger partial charge in [-0.25, -0.2) is 4.79 Å². The van der Waals surface area contributed by atoms with E-state index in [0.717, 1.165) is 5.56 Å². The number of benzene rings is 2. The summed E-state index contributed by atoms with van der Waals surface area (Å²) in [7, 11) is 1.42. The van der Waals surface area contributed by atoms with E-state index in [2.05, 4.69) is 5.32 Å². The zero-order chi connectivity index (χ0) is 23.6. The summed E-state index contributed by atoms with van der Waals surface area (Å²) in [6, 6.07) is 17.3. The van der Waals surface area contributed by atoms with Crippen molar-refractivity contribution in [2.45, 2.75) is 13.5 Å². The van der Waals surface area contributed by atoms with Crippen LogP contribution in [0, 0.1) is 18.3 Å². The van der Waals surface area contributed by atoms with Crippen LogP contribution in [0.4, 0.5) is 0 Å². The van der Waals surface area contributed by atoms with Crippen LogP contribution >= 0.6 is 0 Å². The standard InChI is InChI=1S/C25H22N2O6/c1-17-5-3-6-20(11-17)32-16-24(28)33-22-9-8-18(13-23(22)30-2)12-19(14-26)25(29)27-15-21-7-4-10-31-21/h3-13H,15-16H2,1-2H3,(H,27,29)/b19-12+. The van der Waals surface area contributed by atoms with Crippen LogP contribution < -0.4 is 19.5 Å². The van der Waals surface area contributed by atoms with E-state index < -0.39 is 11.9 Å². The van der Waals surface area contributed by atoms with E-state index in [0.29, 0.717) is 17.1 Å². The van der Waals surface area contributed by atoms with Crippen LogP contribution in [0.15, 0.2) is 70.9 Å². The molecule has 0 bridgehead atoms. The van der Waals surface area contributed by atoms with Gasteiger partial charge in [0.1, 0.15) is 23.2 Å². The third-order valence-corrected chi connectivity index (χ3v) is 4.44. The maximum atomic E-state index is 12.3. The normalized spacial score (nSPS) is 10.8. The Kier molecular flexibility index (Phi) is 7.86. The highest BCUT2D eigenvalue weighted by molar-refractivity contribution is 6.01. The molecule has 0 atom stereocenters. The molecule has 3 aromatic rings. The van der Waals surface area contributed by atoms with Crippen LogP contribution in [-0.4, -0.2) is 25.6 Å². The Morgan fingerprint density at radius 1 is 1.12 bits per heavy atom. The van der Waals surface area contributed by atoms with Crippen molar-refractivity contribution in [2.24, 2.45) is 0 Å². The molecule has 1 aromatic heterocycles. The number of amides is 1. The predicted octanol–water partition coefficient (Wildman–Crippen LogP) is 3.80. The molecule has 33 heavy (non-hydrogen) atoms. The van der Waals surface area contributed by atoms with Gasteiger partial charge in [0.05, 0.1) is 19.9 Å². The molecular weight excluding hydrogens is 424 g/mol. The quantitative estimate of drug-likeness (QED) is 0.230. The second kappa shape index (κ2) is 11.2. The highest BCUT2D eigenvalue weighted by Crippen LogP contribution is 2.29. The number of nitriles is 1. The van der Waals surface area contributed by atoms with Gasteiger partial charge in [-0.15, -0.1) is 0 Å². The summed E-state index contributed by atoms with van der Waals surface area (Å²) in [6.07, 6.45) is 2.91. The minimum atomic E-state index is -0.604. The number of ether oxygens (including phenoxy) is 3. The van der Waals surface area contributed by atoms with Gasteiger partial charge in [-0.05, 0) is 60.5 Å². The van der Waals surface area contributed by atoms with E-state index in [1.165, 1.54) is 25.5 Å². The lowest BCUT2D eigenvalue weighted by Crippen LogP contribution is -2.23. The molecule has 0 spiro atoms. The minimum absolute atomic E-state index is 0.0973. The fraction of sp³-hybridized carbons (Fsp3) is 0.160. The van der Waals surface area contributed by atoms with Gasteiger partial charge >= 0.3 is 5.97 Å². The van der Waals surface area contributed by atoms with E-state index in [-0.39, 0.29) is 30.2 Å². The van der Waals surface area contributed by atoms with Gasteiger partial charge in [-0.1, -0.05) is 18.2 Å². The molecule has 168 valence electrons. The molecular formula is C25H22N2O6. The number of carbonyl (C=O) groups excluding carboxylic acids is 2. The van der Waals surface area contributed by atoms with Gasteiger partial charge in [0, 0.05) is 0 Å². The SMILES string of the molecule is COc1cc(/C=C(\C#N)C(=O)NCc2ccco2)ccc1OC(=O)COc1cccc(C)c1. The molecule has 8 nitrogen and oxygen atoms in total. The smallest absolute Gasteiger partial charge is 0.349 e. The lowest BCUT2D eigenvalue weighted by molar-refractivity contribution is -0.136. The highest BCUT2D eigenvalue weighted by Gasteiger charge is 2.14. The Bertz CT molecular complexity index is 1190. The average molecular weight is 446 g/mol. The first kappa shape index (κ1) is 23.2. The lowest BCUT2D eigenvalue weighted by atomic mass is 10.1. The van der Waals surface area contributed by atoms with E-state index >= 15 is 0 Å². The molecule has 1 heterocycles. The van der Waals surface area contributed by atoms with Gasteiger partial charge in [-0.2, -0.15) is 5.26 Å². The number of esters is 1. The number of rotatable bonds is 9. The third-order valence-electron chi connectivity index (χ3n) is 4.44. The van der Waals surface area contributed by atoms with E-state index in [9.17, 15) is 14.9 Å². The first-order valence-corrected chi connectivity index (χ1v) is 9.99. The van der Waals surface area contributed by atoms with Crippen molar-refractivity contribution in [1.82, 2.24) is 5.32 Å². The molecule has 1 amide bonds. The van der Waals surface area contributed by atoms with E-state index in [4.69, 9.17) is 18.6 Å². The topological polar surface area (TPSA) is 111 Å². The minimum Gasteiger partial charge on any atom is -0.493 e. The van der Waals surface area contributed by atoms with Gasteiger partial charge in [-0.3, -0.25) is 4.79 Å². The number of nitrogens with one attached hydrogen (secondary N) is 1. The number of hydrogen-bond acceptors (Lipinski definition) is 7. The van der Waals surface area contributed by atoms with Crippen LogP contribution in [0.3, 0.4) is 0 Å². The van der Waals surface area contributed by atoms with Crippen LogP contribution in [0.2, 0.25) is 0 Å². The van der Waals surface area contributed by atoms with E-state index in [1.54, 1.807) is 30.3 Å². The molecule has 0 saturated carbocycles. The molecule has 0 aliphatic rings. The summed E-state index contributed by atoms with van der Waals surface area (Å²) in [5.41, 5.74) is 1.44. The first-order valence-electron chi connectivity index (χ1n) is 9.99. The Labute approximate surface area is 191 Å². The average Bonchev–Trinajstić information content (AvgIpc) is 3.34. The molecule has 2 aromatic carbocycles. The van der Waals surface area contributed by atoms with Crippen molar-refractivity contribution in [3.63, 3.8) is 0 Å². The zero-order valence-electron chi connectivity index (χ0n) is 18.2. The summed E-state index contributed by atoms with van der Waals surface area (Å²) >= 11 is 0. The molecule has 0 radical (unpaired) electrons. The molecule has 0 unspecified atom stereocenters. The van der Waals surface area contributed by atoms with Crippen LogP contribution in [-0.2, 0) is 16.1 Å². The summed E-state index contributed by atoms with van der Waals surface area (Å²) in [5, 5.41) is 12.0. The van der Waals surface area contributed by atoms with Gasteiger partial charge in [0.2, 0.25) is 0 Å². The predicted molar refractivity (Wildman–Crippen MR) is 119 cm³/mol. The Hall–Kier alpha value is -4.51. The molecule has 0 aliphatic carbocycles. The fourth-order valence-electron chi connectivity index (χ4n) is 2.85. The monoisotopic (exact) mass is 446 g/mol. The van der Waals surface area contributed by atoms with Crippen molar-refractivity contribution in [3.8, 4) is 23.3 Å². The molecule has 8 heteroatoms. The summed E-state index contributed by atoms with van der Waals surface area (Å²) < 4.78 is 21.2. The van der Waals surface area contributed by atoms with Gasteiger partial charge in [0.25, 0.3) is 5.91 Å². The summed E-state index contributed by atoms with van der Waals surface area (Å²) in [5.74, 6) is 0.438. The van der Waals surface area contributed by atoms with Crippen molar-refractivity contribution in [1.29, 1.82) is 5.26 Å². The molecule has 0 fully saturated rings. The third kappa shape index (κ3) is 6.74. The Morgan fingerprint density at radius 3 is 2.67 bits per heavy atom. The second-order valence-electron chi connectivity index (χ2n) is 6.92. The fourth-order valence-corrected chi connectivity index (χ4v) is 2.85. The zero-order valence-corrected chi connectivity index (χ0v) is 18.2. The number of hydrogen-bond donors (Lipinski definition) is 1.